The molecule has 28 heavy (non-hydrogen) atoms. The average Bonchev–Trinajstić information content (AvgIpc) is 2.72. The maximum Gasteiger partial charge on any atom is 0.196 e. The number of nitrogens with zero attached hydrogens (tertiary/aromatic N) is 1. The molecule has 4 heteroatoms. The predicted octanol–water partition coefficient (Wildman–Crippen LogP) is 4.94. The van der Waals surface area contributed by atoms with Crippen molar-refractivity contribution in [2.24, 2.45) is 0 Å². The number of rotatable bonds is 4. The van der Waals surface area contributed by atoms with Crippen LogP contribution in [0.15, 0.2) is 66.5 Å². The fourth-order valence-electron chi connectivity index (χ4n) is 3.25. The van der Waals surface area contributed by atoms with Crippen molar-refractivity contribution in [3.63, 3.8) is 0 Å². The van der Waals surface area contributed by atoms with E-state index in [4.69, 9.17) is 9.47 Å². The fourth-order valence-corrected chi connectivity index (χ4v) is 3.25. The highest BCUT2D eigenvalue weighted by molar-refractivity contribution is 6.15. The lowest BCUT2D eigenvalue weighted by Gasteiger charge is -2.22. The Hall–Kier alpha value is -3.40. The SMILES string of the molecule is Cc1ccc(C)c2c1OC/C(=C\c1ccc(OCc3cccnc3)cc1)C2=O. The molecular formula is C24H21NO3. The Morgan fingerprint density at radius 2 is 1.86 bits per heavy atom. The minimum absolute atomic E-state index is 0.0411. The maximum absolute atomic E-state index is 12.9. The van der Waals surface area contributed by atoms with Crippen molar-refractivity contribution >= 4 is 11.9 Å². The van der Waals surface area contributed by atoms with Gasteiger partial charge in [-0.15, -0.1) is 0 Å². The Morgan fingerprint density at radius 1 is 1.07 bits per heavy atom. The molecule has 4 rings (SSSR count). The number of aromatic nitrogens is 1. The zero-order valence-corrected chi connectivity index (χ0v) is 15.9. The van der Waals surface area contributed by atoms with Gasteiger partial charge >= 0.3 is 0 Å². The van der Waals surface area contributed by atoms with Crippen molar-refractivity contribution in [3.05, 3.63) is 94.3 Å². The van der Waals surface area contributed by atoms with Crippen LogP contribution in [0.2, 0.25) is 0 Å². The van der Waals surface area contributed by atoms with Crippen LogP contribution in [0.4, 0.5) is 0 Å². The first-order chi connectivity index (χ1) is 13.6. The summed E-state index contributed by atoms with van der Waals surface area (Å²) in [6.45, 7) is 4.66. The van der Waals surface area contributed by atoms with Gasteiger partial charge in [-0.3, -0.25) is 9.78 Å². The number of pyridine rings is 1. The molecule has 0 saturated carbocycles. The molecule has 0 saturated heterocycles. The van der Waals surface area contributed by atoms with E-state index in [1.807, 2.05) is 68.5 Å². The van der Waals surface area contributed by atoms with E-state index in [2.05, 4.69) is 4.98 Å². The van der Waals surface area contributed by atoms with Gasteiger partial charge in [-0.25, -0.2) is 0 Å². The molecule has 0 atom stereocenters. The number of ether oxygens (including phenoxy) is 2. The van der Waals surface area contributed by atoms with Crippen molar-refractivity contribution < 1.29 is 14.3 Å². The highest BCUT2D eigenvalue weighted by Crippen LogP contribution is 2.33. The number of fused-ring (bicyclic) bond motifs is 1. The Morgan fingerprint density at radius 3 is 2.61 bits per heavy atom. The first-order valence-electron chi connectivity index (χ1n) is 9.22. The highest BCUT2D eigenvalue weighted by Gasteiger charge is 2.26. The lowest BCUT2D eigenvalue weighted by Crippen LogP contribution is -2.21. The minimum Gasteiger partial charge on any atom is -0.489 e. The summed E-state index contributed by atoms with van der Waals surface area (Å²) in [5.41, 5.74) is 5.22. The lowest BCUT2D eigenvalue weighted by molar-refractivity contribution is 0.0999. The number of benzene rings is 2. The number of hydrogen-bond acceptors (Lipinski definition) is 4. The van der Waals surface area contributed by atoms with Crippen LogP contribution >= 0.6 is 0 Å². The molecular weight excluding hydrogens is 350 g/mol. The van der Waals surface area contributed by atoms with Crippen molar-refractivity contribution in [1.29, 1.82) is 0 Å². The second-order valence-electron chi connectivity index (χ2n) is 6.91. The van der Waals surface area contributed by atoms with Crippen LogP contribution in [-0.2, 0) is 6.61 Å². The van der Waals surface area contributed by atoms with Gasteiger partial charge in [0.1, 0.15) is 24.7 Å². The molecule has 0 fully saturated rings. The molecule has 4 nitrogen and oxygen atoms in total. The van der Waals surface area contributed by atoms with Crippen LogP contribution in [0.1, 0.15) is 32.6 Å². The van der Waals surface area contributed by atoms with Gasteiger partial charge in [0.25, 0.3) is 0 Å². The molecule has 1 aliphatic heterocycles. The van der Waals surface area contributed by atoms with Gasteiger partial charge < -0.3 is 9.47 Å². The van der Waals surface area contributed by atoms with E-state index < -0.39 is 0 Å². The molecule has 2 aromatic carbocycles. The molecule has 2 heterocycles. The summed E-state index contributed by atoms with van der Waals surface area (Å²) in [5.74, 6) is 1.52. The molecule has 0 spiro atoms. The second-order valence-corrected chi connectivity index (χ2v) is 6.91. The van der Waals surface area contributed by atoms with Gasteiger partial charge in [0.15, 0.2) is 5.78 Å². The molecule has 0 unspecified atom stereocenters. The van der Waals surface area contributed by atoms with Crippen LogP contribution in [0.3, 0.4) is 0 Å². The summed E-state index contributed by atoms with van der Waals surface area (Å²) in [6, 6.07) is 15.5. The summed E-state index contributed by atoms with van der Waals surface area (Å²) in [5, 5.41) is 0. The number of ketones is 1. The summed E-state index contributed by atoms with van der Waals surface area (Å²) >= 11 is 0. The third-order valence-corrected chi connectivity index (χ3v) is 4.80. The molecule has 0 amide bonds. The van der Waals surface area contributed by atoms with E-state index in [1.165, 1.54) is 0 Å². The molecule has 1 aromatic heterocycles. The average molecular weight is 371 g/mol. The zero-order chi connectivity index (χ0) is 19.5. The summed E-state index contributed by atoms with van der Waals surface area (Å²) in [7, 11) is 0. The largest absolute Gasteiger partial charge is 0.489 e. The third-order valence-electron chi connectivity index (χ3n) is 4.80. The number of carbonyl (C=O) groups is 1. The molecule has 0 radical (unpaired) electrons. The highest BCUT2D eigenvalue weighted by atomic mass is 16.5. The van der Waals surface area contributed by atoms with Gasteiger partial charge in [0.05, 0.1) is 5.56 Å². The van der Waals surface area contributed by atoms with E-state index in [0.29, 0.717) is 23.5 Å². The first kappa shape index (κ1) is 18.0. The van der Waals surface area contributed by atoms with Crippen molar-refractivity contribution in [3.8, 4) is 11.5 Å². The van der Waals surface area contributed by atoms with Gasteiger partial charge in [-0.05, 0) is 54.8 Å². The first-order valence-corrected chi connectivity index (χ1v) is 9.22. The van der Waals surface area contributed by atoms with Gasteiger partial charge in [0.2, 0.25) is 0 Å². The van der Waals surface area contributed by atoms with Gasteiger partial charge in [-0.2, -0.15) is 0 Å². The Kier molecular flexibility index (Phi) is 4.94. The molecule has 3 aromatic rings. The van der Waals surface area contributed by atoms with Gasteiger partial charge in [0, 0.05) is 23.5 Å². The van der Waals surface area contributed by atoms with Crippen molar-refractivity contribution in [1.82, 2.24) is 4.98 Å². The number of Topliss-reactive ketones (excluding diaryl/α,β-unsaturated/α-hetero) is 1. The van der Waals surface area contributed by atoms with Crippen LogP contribution in [0.25, 0.3) is 6.08 Å². The second kappa shape index (κ2) is 7.69. The Bertz CT molecular complexity index is 1040. The summed E-state index contributed by atoms with van der Waals surface area (Å²) in [4.78, 5) is 17.0. The number of hydrogen-bond donors (Lipinski definition) is 0. The normalized spacial score (nSPS) is 14.5. The summed E-state index contributed by atoms with van der Waals surface area (Å²) in [6.07, 6.45) is 5.41. The lowest BCUT2D eigenvalue weighted by atomic mass is 9.93. The van der Waals surface area contributed by atoms with Crippen LogP contribution < -0.4 is 9.47 Å². The van der Waals surface area contributed by atoms with Crippen LogP contribution in [-0.4, -0.2) is 17.4 Å². The molecule has 0 aliphatic carbocycles. The smallest absolute Gasteiger partial charge is 0.196 e. The van der Waals surface area contributed by atoms with E-state index in [-0.39, 0.29) is 12.4 Å². The predicted molar refractivity (Wildman–Crippen MR) is 109 cm³/mol. The van der Waals surface area contributed by atoms with E-state index >= 15 is 0 Å². The Labute approximate surface area is 164 Å². The standard InChI is InChI=1S/C24H21NO3/c1-16-5-6-17(2)24-22(16)23(26)20(15-28-24)12-18-7-9-21(10-8-18)27-14-19-4-3-11-25-13-19/h3-13H,14-15H2,1-2H3/b20-12+. The van der Waals surface area contributed by atoms with Crippen molar-refractivity contribution in [2.45, 2.75) is 20.5 Å². The molecule has 0 N–H and O–H groups in total. The zero-order valence-electron chi connectivity index (χ0n) is 15.9. The van der Waals surface area contributed by atoms with E-state index in [9.17, 15) is 4.79 Å². The monoisotopic (exact) mass is 371 g/mol. The molecule has 140 valence electrons. The summed E-state index contributed by atoms with van der Waals surface area (Å²) < 4.78 is 11.7. The number of aryl methyl sites for hydroxylation is 2. The van der Waals surface area contributed by atoms with Crippen LogP contribution in [0.5, 0.6) is 11.5 Å². The fraction of sp³-hybridized carbons (Fsp3) is 0.167. The molecule has 0 bridgehead atoms. The third kappa shape index (κ3) is 3.67. The van der Waals surface area contributed by atoms with E-state index in [1.54, 1.807) is 12.4 Å². The van der Waals surface area contributed by atoms with Crippen molar-refractivity contribution in [2.75, 3.05) is 6.61 Å². The number of carbonyl (C=O) groups excluding carboxylic acids is 1. The van der Waals surface area contributed by atoms with Gasteiger partial charge in [-0.1, -0.05) is 30.3 Å². The van der Waals surface area contributed by atoms with E-state index in [0.717, 1.165) is 28.0 Å². The molecule has 1 aliphatic rings. The quantitative estimate of drug-likeness (QED) is 0.610. The Balaban J connectivity index is 1.50. The van der Waals surface area contributed by atoms with Crippen LogP contribution in [0, 0.1) is 13.8 Å². The minimum atomic E-state index is 0.0411. The maximum atomic E-state index is 12.9. The topological polar surface area (TPSA) is 48.4 Å².